The second kappa shape index (κ2) is 3.84. The molecule has 1 heterocycles. The van der Waals surface area contributed by atoms with Gasteiger partial charge in [-0.2, -0.15) is 0 Å². The van der Waals surface area contributed by atoms with Crippen LogP contribution in [-0.2, 0) is 6.54 Å². The first-order valence-corrected chi connectivity index (χ1v) is 5.14. The van der Waals surface area contributed by atoms with Gasteiger partial charge in [-0.15, -0.1) is 0 Å². The first-order valence-electron chi connectivity index (χ1n) is 5.14. The molecule has 2 rings (SSSR count). The standard InChI is InChI=1S/C11H14N2O3/c1-11(14)7-12(8-11)6-9-2-4-10(5-3-9)13(15)16/h2-5,14H,6-8H2,1H3. The number of likely N-dealkylation sites (tertiary alicyclic amines) is 1. The van der Waals surface area contributed by atoms with Crippen LogP contribution in [0, 0.1) is 10.1 Å². The summed E-state index contributed by atoms with van der Waals surface area (Å²) in [5.74, 6) is 0. The van der Waals surface area contributed by atoms with Crippen LogP contribution in [0.15, 0.2) is 24.3 Å². The van der Waals surface area contributed by atoms with Gasteiger partial charge in [0.15, 0.2) is 0 Å². The Morgan fingerprint density at radius 2 is 2.00 bits per heavy atom. The minimum atomic E-state index is -0.569. The molecular weight excluding hydrogens is 208 g/mol. The molecule has 0 radical (unpaired) electrons. The summed E-state index contributed by atoms with van der Waals surface area (Å²) in [4.78, 5) is 12.1. The Hall–Kier alpha value is -1.46. The maximum Gasteiger partial charge on any atom is 0.269 e. The number of rotatable bonds is 3. The van der Waals surface area contributed by atoms with E-state index in [0.717, 1.165) is 12.1 Å². The maximum atomic E-state index is 10.4. The molecule has 5 heteroatoms. The molecule has 1 fully saturated rings. The van der Waals surface area contributed by atoms with Gasteiger partial charge in [0.2, 0.25) is 0 Å². The van der Waals surface area contributed by atoms with E-state index < -0.39 is 10.5 Å². The summed E-state index contributed by atoms with van der Waals surface area (Å²) in [6.07, 6.45) is 0. The number of nitrogens with zero attached hydrogens (tertiary/aromatic N) is 2. The summed E-state index contributed by atoms with van der Waals surface area (Å²) in [6.45, 7) is 3.85. The maximum absolute atomic E-state index is 10.4. The van der Waals surface area contributed by atoms with Crippen LogP contribution in [0.3, 0.4) is 0 Å². The number of non-ortho nitro benzene ring substituents is 1. The van der Waals surface area contributed by atoms with Gasteiger partial charge in [-0.3, -0.25) is 15.0 Å². The Bertz CT molecular complexity index is 392. The van der Waals surface area contributed by atoms with Gasteiger partial charge in [0.1, 0.15) is 0 Å². The SMILES string of the molecule is CC1(O)CN(Cc2ccc([N+](=O)[O-])cc2)C1. The Balaban J connectivity index is 1.94. The molecule has 1 aliphatic rings. The number of nitro groups is 1. The predicted octanol–water partition coefficient (Wildman–Crippen LogP) is 1.16. The van der Waals surface area contributed by atoms with Crippen molar-refractivity contribution < 1.29 is 10.0 Å². The zero-order valence-corrected chi connectivity index (χ0v) is 9.09. The molecule has 1 aromatic rings. The fourth-order valence-corrected chi connectivity index (χ4v) is 2.01. The van der Waals surface area contributed by atoms with Gasteiger partial charge in [0.05, 0.1) is 10.5 Å². The zero-order chi connectivity index (χ0) is 11.8. The van der Waals surface area contributed by atoms with E-state index in [1.54, 1.807) is 19.1 Å². The van der Waals surface area contributed by atoms with Crippen molar-refractivity contribution in [3.05, 3.63) is 39.9 Å². The second-order valence-corrected chi connectivity index (χ2v) is 4.57. The Labute approximate surface area is 93.5 Å². The third kappa shape index (κ3) is 2.37. The molecule has 86 valence electrons. The van der Waals surface area contributed by atoms with Gasteiger partial charge in [0, 0.05) is 31.8 Å². The van der Waals surface area contributed by atoms with E-state index in [4.69, 9.17) is 0 Å². The lowest BCUT2D eigenvalue weighted by molar-refractivity contribution is -0.384. The highest BCUT2D eigenvalue weighted by Gasteiger charge is 2.35. The first kappa shape index (κ1) is 11.0. The summed E-state index contributed by atoms with van der Waals surface area (Å²) >= 11 is 0. The van der Waals surface area contributed by atoms with E-state index >= 15 is 0 Å². The fraction of sp³-hybridized carbons (Fsp3) is 0.455. The molecule has 0 spiro atoms. The number of benzene rings is 1. The van der Waals surface area contributed by atoms with Crippen molar-refractivity contribution in [2.24, 2.45) is 0 Å². The predicted molar refractivity (Wildman–Crippen MR) is 59.0 cm³/mol. The largest absolute Gasteiger partial charge is 0.388 e. The monoisotopic (exact) mass is 222 g/mol. The fourth-order valence-electron chi connectivity index (χ4n) is 2.01. The van der Waals surface area contributed by atoms with Crippen LogP contribution >= 0.6 is 0 Å². The van der Waals surface area contributed by atoms with Gasteiger partial charge in [0.25, 0.3) is 5.69 Å². The van der Waals surface area contributed by atoms with Crippen molar-refractivity contribution in [1.82, 2.24) is 4.90 Å². The van der Waals surface area contributed by atoms with Gasteiger partial charge < -0.3 is 5.11 Å². The van der Waals surface area contributed by atoms with Crippen LogP contribution in [0.2, 0.25) is 0 Å². The molecule has 0 saturated carbocycles. The molecule has 1 aromatic carbocycles. The molecule has 1 aliphatic heterocycles. The minimum Gasteiger partial charge on any atom is -0.388 e. The molecule has 0 unspecified atom stereocenters. The number of β-amino-alcohol motifs (C(OH)–C–C–N with tert-alkyl or cyclic N) is 1. The second-order valence-electron chi connectivity index (χ2n) is 4.57. The van der Waals surface area contributed by atoms with Gasteiger partial charge in [-0.05, 0) is 12.5 Å². The van der Waals surface area contributed by atoms with Crippen molar-refractivity contribution in [3.8, 4) is 0 Å². The Kier molecular flexibility index (Phi) is 2.65. The molecule has 0 bridgehead atoms. The van der Waals surface area contributed by atoms with E-state index in [-0.39, 0.29) is 5.69 Å². The van der Waals surface area contributed by atoms with Crippen molar-refractivity contribution in [2.45, 2.75) is 19.1 Å². The summed E-state index contributed by atoms with van der Waals surface area (Å²) in [5.41, 5.74) is 0.571. The average Bonchev–Trinajstić information content (AvgIpc) is 2.15. The molecule has 0 amide bonds. The minimum absolute atomic E-state index is 0.111. The van der Waals surface area contributed by atoms with Gasteiger partial charge >= 0.3 is 0 Å². The number of nitro benzene ring substituents is 1. The summed E-state index contributed by atoms with van der Waals surface area (Å²) in [5, 5.41) is 20.0. The highest BCUT2D eigenvalue weighted by molar-refractivity contribution is 5.32. The molecular formula is C11H14N2O3. The quantitative estimate of drug-likeness (QED) is 0.615. The smallest absolute Gasteiger partial charge is 0.269 e. The van der Waals surface area contributed by atoms with E-state index in [2.05, 4.69) is 4.90 Å². The summed E-state index contributed by atoms with van der Waals surface area (Å²) < 4.78 is 0. The van der Waals surface area contributed by atoms with Gasteiger partial charge in [-0.1, -0.05) is 12.1 Å². The van der Waals surface area contributed by atoms with Crippen LogP contribution in [0.25, 0.3) is 0 Å². The molecule has 1 N–H and O–H groups in total. The topological polar surface area (TPSA) is 66.6 Å². The number of aliphatic hydroxyl groups is 1. The van der Waals surface area contributed by atoms with Crippen molar-refractivity contribution in [3.63, 3.8) is 0 Å². The highest BCUT2D eigenvalue weighted by atomic mass is 16.6. The molecule has 0 atom stereocenters. The number of hydrogen-bond donors (Lipinski definition) is 1. The summed E-state index contributed by atoms with van der Waals surface area (Å²) in [7, 11) is 0. The number of hydrogen-bond acceptors (Lipinski definition) is 4. The molecule has 0 aliphatic carbocycles. The first-order chi connectivity index (χ1) is 7.46. The van der Waals surface area contributed by atoms with Crippen LogP contribution in [0.5, 0.6) is 0 Å². The lowest BCUT2D eigenvalue weighted by Gasteiger charge is -2.44. The van der Waals surface area contributed by atoms with E-state index in [1.807, 2.05) is 0 Å². The lowest BCUT2D eigenvalue weighted by Crippen LogP contribution is -2.59. The average molecular weight is 222 g/mol. The molecule has 5 nitrogen and oxygen atoms in total. The molecule has 1 saturated heterocycles. The van der Waals surface area contributed by atoms with E-state index in [0.29, 0.717) is 13.1 Å². The van der Waals surface area contributed by atoms with Crippen LogP contribution in [0.4, 0.5) is 5.69 Å². The highest BCUT2D eigenvalue weighted by Crippen LogP contribution is 2.22. The molecule has 16 heavy (non-hydrogen) atoms. The van der Waals surface area contributed by atoms with Gasteiger partial charge in [-0.25, -0.2) is 0 Å². The molecule has 0 aromatic heterocycles. The third-order valence-corrected chi connectivity index (χ3v) is 2.68. The Morgan fingerprint density at radius 3 is 2.44 bits per heavy atom. The van der Waals surface area contributed by atoms with Crippen LogP contribution in [-0.4, -0.2) is 33.6 Å². The van der Waals surface area contributed by atoms with Crippen molar-refractivity contribution in [1.29, 1.82) is 0 Å². The normalized spacial score (nSPS) is 19.1. The van der Waals surface area contributed by atoms with Crippen molar-refractivity contribution >= 4 is 5.69 Å². The summed E-state index contributed by atoms with van der Waals surface area (Å²) in [6, 6.07) is 6.52. The zero-order valence-electron chi connectivity index (χ0n) is 9.09. The van der Waals surface area contributed by atoms with E-state index in [1.165, 1.54) is 12.1 Å². The Morgan fingerprint density at radius 1 is 1.44 bits per heavy atom. The van der Waals surface area contributed by atoms with Crippen LogP contribution in [0.1, 0.15) is 12.5 Å². The van der Waals surface area contributed by atoms with Crippen molar-refractivity contribution in [2.75, 3.05) is 13.1 Å². The third-order valence-electron chi connectivity index (χ3n) is 2.68. The van der Waals surface area contributed by atoms with Crippen LogP contribution < -0.4 is 0 Å². The van der Waals surface area contributed by atoms with E-state index in [9.17, 15) is 15.2 Å². The lowest BCUT2D eigenvalue weighted by atomic mass is 9.96.